The van der Waals surface area contributed by atoms with E-state index in [1.54, 1.807) is 76.6 Å². The van der Waals surface area contributed by atoms with Crippen LogP contribution in [0, 0.1) is 5.92 Å². The molecule has 1 aromatic rings. The Morgan fingerprint density at radius 1 is 0.804 bits per heavy atom. The van der Waals surface area contributed by atoms with Crippen LogP contribution in [0.3, 0.4) is 0 Å². The van der Waals surface area contributed by atoms with Crippen molar-refractivity contribution in [3.8, 4) is 0 Å². The minimum Gasteiger partial charge on any atom is -0.388 e. The Morgan fingerprint density at radius 3 is 1.84 bits per heavy atom. The van der Waals surface area contributed by atoms with Gasteiger partial charge in [0, 0.05) is 42.5 Å². The summed E-state index contributed by atoms with van der Waals surface area (Å²) in [6, 6.07) is 3.09. The van der Waals surface area contributed by atoms with Gasteiger partial charge in [0.2, 0.25) is 0 Å². The van der Waals surface area contributed by atoms with Crippen molar-refractivity contribution in [2.45, 2.75) is 58.6 Å². The second kappa shape index (κ2) is 23.0. The van der Waals surface area contributed by atoms with Crippen molar-refractivity contribution in [1.82, 2.24) is 10.6 Å². The molecule has 1 unspecified atom stereocenters. The summed E-state index contributed by atoms with van der Waals surface area (Å²) in [5, 5.41) is 5.81. The fourth-order valence-corrected chi connectivity index (χ4v) is 4.61. The molecule has 1 aliphatic carbocycles. The largest absolute Gasteiger partial charge is 0.416 e. The van der Waals surface area contributed by atoms with Gasteiger partial charge in [-0.25, -0.2) is 0 Å². The maximum Gasteiger partial charge on any atom is 0.416 e. The number of rotatable bonds is 13. The summed E-state index contributed by atoms with van der Waals surface area (Å²) >= 11 is 0. The fraction of sp³-hybridized carbons (Fsp3) is 0.316. The van der Waals surface area contributed by atoms with Crippen LogP contribution in [0.15, 0.2) is 132 Å². The van der Waals surface area contributed by atoms with Crippen LogP contribution in [0.2, 0.25) is 0 Å². The summed E-state index contributed by atoms with van der Waals surface area (Å²) in [5.74, 6) is 2.37. The first-order valence-electron chi connectivity index (χ1n) is 15.6. The number of hydrogen-bond donors (Lipinski definition) is 3. The summed E-state index contributed by atoms with van der Waals surface area (Å²) in [4.78, 5) is 0. The zero-order valence-electron chi connectivity index (χ0n) is 29.1. The quantitative estimate of drug-likeness (QED) is 0.0819. The number of nitrogens with one attached hydrogen (secondary N) is 2. The molecular weight excluding hydrogens is 688 g/mol. The predicted molar refractivity (Wildman–Crippen MR) is 187 cm³/mol. The molecule has 0 radical (unpaired) electrons. The first-order valence-corrected chi connectivity index (χ1v) is 15.6. The SMILES string of the molecule is C/C=C\C=C(/NC)C1=CC=C(C(F)(F)F)C1C.C=C/C=C\CC/C=C\C(=C\Cc1cc(C(F)(F)F)ccc1/C(=C/C=C\C)NC)C(F)(F)F.NF. The molecule has 1 aromatic carbocycles. The van der Waals surface area contributed by atoms with E-state index in [-0.39, 0.29) is 12.0 Å². The molecule has 2 rings (SSSR count). The van der Waals surface area contributed by atoms with Crippen LogP contribution in [0.4, 0.5) is 44.0 Å². The third-order valence-corrected chi connectivity index (χ3v) is 7.12. The van der Waals surface area contributed by atoms with Crippen molar-refractivity contribution in [3.63, 3.8) is 0 Å². The second-order valence-electron chi connectivity index (χ2n) is 10.6. The Morgan fingerprint density at radius 2 is 1.37 bits per heavy atom. The summed E-state index contributed by atoms with van der Waals surface area (Å²) < 4.78 is 127. The van der Waals surface area contributed by atoms with E-state index in [2.05, 4.69) is 23.2 Å². The number of hydrogen-bond acceptors (Lipinski definition) is 3. The van der Waals surface area contributed by atoms with Gasteiger partial charge in [-0.3, -0.25) is 0 Å². The van der Waals surface area contributed by atoms with E-state index in [0.717, 1.165) is 30.4 Å². The third kappa shape index (κ3) is 16.4. The number of unbranched alkanes of at least 4 members (excludes halogenated alkanes) is 1. The lowest BCUT2D eigenvalue weighted by Gasteiger charge is -2.18. The van der Waals surface area contributed by atoms with Gasteiger partial charge in [-0.05, 0) is 68.5 Å². The normalized spacial score (nSPS) is 16.2. The molecule has 4 N–H and O–H groups in total. The molecule has 0 saturated carbocycles. The van der Waals surface area contributed by atoms with Gasteiger partial charge in [0.1, 0.15) is 0 Å². The maximum absolute atomic E-state index is 13.5. The lowest BCUT2D eigenvalue weighted by Crippen LogP contribution is -2.20. The van der Waals surface area contributed by atoms with E-state index in [9.17, 15) is 39.5 Å². The topological polar surface area (TPSA) is 50.1 Å². The highest BCUT2D eigenvalue weighted by Crippen LogP contribution is 2.40. The molecule has 282 valence electrons. The van der Waals surface area contributed by atoms with Gasteiger partial charge in [0.15, 0.2) is 0 Å². The van der Waals surface area contributed by atoms with Crippen LogP contribution < -0.4 is 16.6 Å². The van der Waals surface area contributed by atoms with E-state index in [1.807, 2.05) is 13.0 Å². The lowest BCUT2D eigenvalue weighted by molar-refractivity contribution is -0.137. The molecule has 0 bridgehead atoms. The molecule has 0 spiro atoms. The summed E-state index contributed by atoms with van der Waals surface area (Å²) in [5.41, 5.74) is 0.0987. The molecule has 0 heterocycles. The highest BCUT2D eigenvalue weighted by atomic mass is 19.4. The molecule has 1 aliphatic rings. The summed E-state index contributed by atoms with van der Waals surface area (Å²) in [7, 11) is 3.30. The van der Waals surface area contributed by atoms with E-state index in [4.69, 9.17) is 4.48 Å². The van der Waals surface area contributed by atoms with Crippen LogP contribution in [0.25, 0.3) is 5.70 Å². The first-order chi connectivity index (χ1) is 24.0. The van der Waals surface area contributed by atoms with Crippen LogP contribution >= 0.6 is 0 Å². The van der Waals surface area contributed by atoms with Crippen molar-refractivity contribution < 1.29 is 44.0 Å². The Labute approximate surface area is 293 Å². The Kier molecular flexibility index (Phi) is 21.0. The fourth-order valence-electron chi connectivity index (χ4n) is 4.61. The minimum atomic E-state index is -4.62. The molecule has 3 nitrogen and oxygen atoms in total. The first kappa shape index (κ1) is 46.5. The van der Waals surface area contributed by atoms with Crippen LogP contribution in [-0.4, -0.2) is 26.4 Å². The average Bonchev–Trinajstić information content (AvgIpc) is 3.47. The van der Waals surface area contributed by atoms with Crippen molar-refractivity contribution in [2.24, 2.45) is 11.9 Å². The van der Waals surface area contributed by atoms with Gasteiger partial charge >= 0.3 is 18.5 Å². The van der Waals surface area contributed by atoms with Crippen molar-refractivity contribution in [1.29, 1.82) is 0 Å². The van der Waals surface area contributed by atoms with E-state index in [0.29, 0.717) is 35.4 Å². The van der Waals surface area contributed by atoms with Crippen LogP contribution in [0.1, 0.15) is 50.3 Å². The second-order valence-corrected chi connectivity index (χ2v) is 10.6. The molecule has 0 aromatic heterocycles. The Hall–Kier alpha value is -4.52. The maximum atomic E-state index is 13.5. The van der Waals surface area contributed by atoms with Gasteiger partial charge in [-0.1, -0.05) is 92.5 Å². The number of allylic oxidation sites excluding steroid dienone is 17. The van der Waals surface area contributed by atoms with Gasteiger partial charge < -0.3 is 10.6 Å². The van der Waals surface area contributed by atoms with Gasteiger partial charge in [-0.15, -0.1) is 4.48 Å². The average molecular weight is 734 g/mol. The number of likely N-dealkylation sites (N-methyl/N-ethyl adjacent to an activating group) is 1. The van der Waals surface area contributed by atoms with Crippen LogP contribution in [0.5, 0.6) is 0 Å². The molecule has 0 aliphatic heterocycles. The number of benzene rings is 1. The van der Waals surface area contributed by atoms with E-state index >= 15 is 0 Å². The van der Waals surface area contributed by atoms with Crippen molar-refractivity contribution in [2.75, 3.05) is 14.1 Å². The minimum absolute atomic E-state index is 0.133. The highest BCUT2D eigenvalue weighted by molar-refractivity contribution is 5.69. The van der Waals surface area contributed by atoms with Crippen molar-refractivity contribution in [3.05, 3.63) is 149 Å². The molecule has 1 atom stereocenters. The van der Waals surface area contributed by atoms with E-state index in [1.165, 1.54) is 18.2 Å². The zero-order chi connectivity index (χ0) is 39.3. The van der Waals surface area contributed by atoms with Gasteiger partial charge in [0.25, 0.3) is 0 Å². The number of nitrogens with two attached hydrogens (primary N) is 1. The van der Waals surface area contributed by atoms with Gasteiger partial charge in [-0.2, -0.15) is 45.5 Å². The van der Waals surface area contributed by atoms with Crippen LogP contribution in [-0.2, 0) is 12.6 Å². The molecule has 0 saturated heterocycles. The molecule has 0 amide bonds. The predicted octanol–water partition coefficient (Wildman–Crippen LogP) is 11.5. The third-order valence-electron chi connectivity index (χ3n) is 7.12. The highest BCUT2D eigenvalue weighted by Gasteiger charge is 2.40. The Balaban J connectivity index is 0.00000110. The van der Waals surface area contributed by atoms with Crippen molar-refractivity contribution >= 4 is 5.70 Å². The smallest absolute Gasteiger partial charge is 0.388 e. The number of alkyl halides is 9. The monoisotopic (exact) mass is 733 g/mol. The molecule has 51 heavy (non-hydrogen) atoms. The molecule has 13 heteroatoms. The van der Waals surface area contributed by atoms with Gasteiger partial charge in [0.05, 0.1) is 11.1 Å². The Bertz CT molecular complexity index is 1510. The van der Waals surface area contributed by atoms with E-state index < -0.39 is 41.2 Å². The summed E-state index contributed by atoms with van der Waals surface area (Å²) in [6.07, 6.45) is 8.62. The lowest BCUT2D eigenvalue weighted by atomic mass is 9.95. The summed E-state index contributed by atoms with van der Waals surface area (Å²) in [6.45, 7) is 8.71. The zero-order valence-corrected chi connectivity index (χ0v) is 29.1. The molecule has 0 fully saturated rings. The number of halogens is 10. The standard InChI is InChI=1S/C25H27F6N.C13H16F3N.FH2N/c1-4-6-8-9-10-11-12-20(24(26,27)28)15-14-19-18-21(25(29,30)31)16-17-22(19)23(32-3)13-7-5-2;1-4-5-6-12(17-3)10-7-8-11(9(10)2)13(14,15)16;1-2/h4-8,11-13,15-18,32H,1,9-10,14H2,2-3H3;4-9,17H,1-3H3;2H2/b7-5-,8-6-,12-11-,20-15-,23-13-;5-4-,12-6-;. The molecular formula is C38H45F10N3.